The van der Waals surface area contributed by atoms with Crippen molar-refractivity contribution in [3.05, 3.63) is 78.4 Å². The van der Waals surface area contributed by atoms with Crippen molar-refractivity contribution in [2.75, 3.05) is 6.61 Å². The number of benzene rings is 3. The van der Waals surface area contributed by atoms with Crippen molar-refractivity contribution in [1.82, 2.24) is 0 Å². The minimum absolute atomic E-state index is 0.159. The van der Waals surface area contributed by atoms with Crippen LogP contribution in [0.15, 0.2) is 72.8 Å². The normalized spacial score (nSPS) is 11.7. The average molecular weight is 531 g/mol. The van der Waals surface area contributed by atoms with E-state index in [0.717, 1.165) is 42.1 Å². The number of esters is 1. The van der Waals surface area contributed by atoms with E-state index in [1.165, 1.54) is 57.8 Å². The Balaban J connectivity index is 1.43. The van der Waals surface area contributed by atoms with E-state index in [9.17, 15) is 4.79 Å². The van der Waals surface area contributed by atoms with Crippen molar-refractivity contribution >= 4 is 5.97 Å². The highest BCUT2D eigenvalue weighted by atomic mass is 16.5. The molecule has 0 radical (unpaired) electrons. The SMILES string of the molecule is CCCCCCCCOc1ccc(-c2ccc(OC(=O)c3ccc(OC(C)CCCCCC)cc3)cc2)cc1. The summed E-state index contributed by atoms with van der Waals surface area (Å²) in [5, 5.41) is 0. The molecule has 4 heteroatoms. The first-order valence-electron chi connectivity index (χ1n) is 14.9. The van der Waals surface area contributed by atoms with E-state index in [-0.39, 0.29) is 12.1 Å². The van der Waals surface area contributed by atoms with Crippen LogP contribution in [0.4, 0.5) is 0 Å². The van der Waals surface area contributed by atoms with Gasteiger partial charge in [0.2, 0.25) is 0 Å². The van der Waals surface area contributed by atoms with Crippen LogP contribution in [0.2, 0.25) is 0 Å². The van der Waals surface area contributed by atoms with Gasteiger partial charge in [-0.3, -0.25) is 0 Å². The summed E-state index contributed by atoms with van der Waals surface area (Å²) >= 11 is 0. The van der Waals surface area contributed by atoms with Crippen LogP contribution in [0.25, 0.3) is 11.1 Å². The van der Waals surface area contributed by atoms with E-state index >= 15 is 0 Å². The molecule has 0 aromatic heterocycles. The first kappa shape index (κ1) is 30.3. The lowest BCUT2D eigenvalue weighted by atomic mass is 10.1. The minimum atomic E-state index is -0.381. The second-order valence-corrected chi connectivity index (χ2v) is 10.4. The van der Waals surface area contributed by atoms with Gasteiger partial charge >= 0.3 is 5.97 Å². The molecule has 0 aliphatic rings. The molecule has 0 N–H and O–H groups in total. The fourth-order valence-corrected chi connectivity index (χ4v) is 4.52. The molecule has 4 nitrogen and oxygen atoms in total. The van der Waals surface area contributed by atoms with Crippen molar-refractivity contribution in [3.8, 4) is 28.4 Å². The highest BCUT2D eigenvalue weighted by Gasteiger charge is 2.11. The largest absolute Gasteiger partial charge is 0.494 e. The molecule has 1 unspecified atom stereocenters. The van der Waals surface area contributed by atoms with Crippen molar-refractivity contribution < 1.29 is 19.0 Å². The molecule has 0 spiro atoms. The maximum Gasteiger partial charge on any atom is 0.343 e. The van der Waals surface area contributed by atoms with Crippen LogP contribution in [0.5, 0.6) is 17.2 Å². The molecule has 3 aromatic rings. The maximum absolute atomic E-state index is 12.6. The molecule has 3 aromatic carbocycles. The zero-order chi connectivity index (χ0) is 27.7. The third-order valence-corrected chi connectivity index (χ3v) is 6.91. The van der Waals surface area contributed by atoms with Crippen molar-refractivity contribution in [2.45, 2.75) is 97.5 Å². The lowest BCUT2D eigenvalue weighted by Crippen LogP contribution is -2.12. The molecule has 0 amide bonds. The van der Waals surface area contributed by atoms with Gasteiger partial charge in [-0.2, -0.15) is 0 Å². The second kappa shape index (κ2) is 17.3. The van der Waals surface area contributed by atoms with Crippen LogP contribution < -0.4 is 14.2 Å². The molecule has 0 aliphatic heterocycles. The van der Waals surface area contributed by atoms with Gasteiger partial charge in [0.25, 0.3) is 0 Å². The van der Waals surface area contributed by atoms with Gasteiger partial charge in [-0.25, -0.2) is 4.79 Å². The maximum atomic E-state index is 12.6. The summed E-state index contributed by atoms with van der Waals surface area (Å²) in [4.78, 5) is 12.6. The van der Waals surface area contributed by atoms with Crippen LogP contribution >= 0.6 is 0 Å². The molecule has 210 valence electrons. The fraction of sp³-hybridized carbons (Fsp3) is 0.457. The number of ether oxygens (including phenoxy) is 3. The molecule has 0 fully saturated rings. The van der Waals surface area contributed by atoms with E-state index in [4.69, 9.17) is 14.2 Å². The Hall–Kier alpha value is -3.27. The van der Waals surface area contributed by atoms with Crippen LogP contribution in [-0.4, -0.2) is 18.7 Å². The molecule has 1 atom stereocenters. The Labute approximate surface area is 235 Å². The lowest BCUT2D eigenvalue weighted by Gasteiger charge is -2.14. The predicted octanol–water partition coefficient (Wildman–Crippen LogP) is 10.0. The van der Waals surface area contributed by atoms with Gasteiger partial charge in [0.15, 0.2) is 0 Å². The number of hydrogen-bond donors (Lipinski definition) is 0. The van der Waals surface area contributed by atoms with Crippen LogP contribution in [0.1, 0.15) is 102 Å². The van der Waals surface area contributed by atoms with Gasteiger partial charge in [0, 0.05) is 0 Å². The molecular formula is C35H46O4. The summed E-state index contributed by atoms with van der Waals surface area (Å²) in [5.74, 6) is 1.81. The predicted molar refractivity (Wildman–Crippen MR) is 161 cm³/mol. The van der Waals surface area contributed by atoms with Gasteiger partial charge in [0.05, 0.1) is 18.3 Å². The Morgan fingerprint density at radius 2 is 1.13 bits per heavy atom. The first-order valence-corrected chi connectivity index (χ1v) is 14.9. The fourth-order valence-electron chi connectivity index (χ4n) is 4.52. The van der Waals surface area contributed by atoms with Gasteiger partial charge in [-0.1, -0.05) is 89.5 Å². The van der Waals surface area contributed by atoms with Crippen LogP contribution in [0.3, 0.4) is 0 Å². The zero-order valence-electron chi connectivity index (χ0n) is 24.1. The standard InChI is InChI=1S/C35H46O4/c1-4-6-8-10-11-13-27-37-32-21-15-29(16-22-32)30-17-23-34(24-18-30)39-35(36)31-19-25-33(26-20-31)38-28(3)14-12-9-7-5-2/h15-26,28H,4-14,27H2,1-3H3. The molecular weight excluding hydrogens is 484 g/mol. The van der Waals surface area contributed by atoms with Gasteiger partial charge in [-0.15, -0.1) is 0 Å². The number of hydrogen-bond acceptors (Lipinski definition) is 4. The summed E-state index contributed by atoms with van der Waals surface area (Å²) < 4.78 is 17.5. The number of unbranched alkanes of at least 4 members (excludes halogenated alkanes) is 8. The summed E-state index contributed by atoms with van der Waals surface area (Å²) in [6, 6.07) is 22.9. The summed E-state index contributed by atoms with van der Waals surface area (Å²) in [6.07, 6.45) is 13.7. The Bertz CT molecular complexity index is 1070. The second-order valence-electron chi connectivity index (χ2n) is 10.4. The highest BCUT2D eigenvalue weighted by molar-refractivity contribution is 5.91. The van der Waals surface area contributed by atoms with E-state index in [1.54, 1.807) is 12.1 Å². The molecule has 0 saturated heterocycles. The lowest BCUT2D eigenvalue weighted by molar-refractivity contribution is 0.0734. The molecule has 0 saturated carbocycles. The summed E-state index contributed by atoms with van der Waals surface area (Å²) in [6.45, 7) is 7.32. The third kappa shape index (κ3) is 11.2. The number of carbonyl (C=O) groups is 1. The van der Waals surface area contributed by atoms with Crippen LogP contribution in [-0.2, 0) is 0 Å². The molecule has 39 heavy (non-hydrogen) atoms. The molecule has 3 rings (SSSR count). The van der Waals surface area contributed by atoms with Crippen molar-refractivity contribution in [1.29, 1.82) is 0 Å². The average Bonchev–Trinajstić information content (AvgIpc) is 2.96. The van der Waals surface area contributed by atoms with Gasteiger partial charge in [0.1, 0.15) is 17.2 Å². The number of rotatable bonds is 18. The molecule has 0 aliphatic carbocycles. The molecule has 0 heterocycles. The third-order valence-electron chi connectivity index (χ3n) is 6.91. The first-order chi connectivity index (χ1) is 19.1. The minimum Gasteiger partial charge on any atom is -0.494 e. The van der Waals surface area contributed by atoms with E-state index in [0.29, 0.717) is 11.3 Å². The van der Waals surface area contributed by atoms with Crippen molar-refractivity contribution in [3.63, 3.8) is 0 Å². The van der Waals surface area contributed by atoms with E-state index in [2.05, 4.69) is 32.9 Å². The quantitative estimate of drug-likeness (QED) is 0.0932. The van der Waals surface area contributed by atoms with Crippen molar-refractivity contribution in [2.24, 2.45) is 0 Å². The van der Waals surface area contributed by atoms with Gasteiger partial charge < -0.3 is 14.2 Å². The Kier molecular flexibility index (Phi) is 13.5. The van der Waals surface area contributed by atoms with E-state index < -0.39 is 0 Å². The monoisotopic (exact) mass is 530 g/mol. The topological polar surface area (TPSA) is 44.8 Å². The summed E-state index contributed by atoms with van der Waals surface area (Å²) in [7, 11) is 0. The molecule has 0 bridgehead atoms. The Morgan fingerprint density at radius 1 is 0.615 bits per heavy atom. The Morgan fingerprint density at radius 3 is 1.74 bits per heavy atom. The summed E-state index contributed by atoms with van der Waals surface area (Å²) in [5.41, 5.74) is 2.65. The van der Waals surface area contributed by atoms with Gasteiger partial charge in [-0.05, 0) is 85.8 Å². The number of carbonyl (C=O) groups excluding carboxylic acids is 1. The van der Waals surface area contributed by atoms with Crippen LogP contribution in [0, 0.1) is 0 Å². The highest BCUT2D eigenvalue weighted by Crippen LogP contribution is 2.25. The van der Waals surface area contributed by atoms with E-state index in [1.807, 2.05) is 48.5 Å². The smallest absolute Gasteiger partial charge is 0.343 e. The zero-order valence-corrected chi connectivity index (χ0v) is 24.1.